The van der Waals surface area contributed by atoms with Gasteiger partial charge in [-0.05, 0) is 108 Å². The van der Waals surface area contributed by atoms with Gasteiger partial charge >= 0.3 is 5.97 Å². The first-order chi connectivity index (χ1) is 16.2. The van der Waals surface area contributed by atoms with E-state index >= 15 is 0 Å². The first-order valence-electron chi connectivity index (χ1n) is 14.2. The number of fused-ring (bicyclic) bond motifs is 7. The monoisotopic (exact) mass is 480 g/mol. The molecule has 194 valence electrons. The molecule has 0 aromatic heterocycles. The first-order valence-corrected chi connectivity index (χ1v) is 14.2. The van der Waals surface area contributed by atoms with Crippen molar-refractivity contribution in [2.75, 3.05) is 7.11 Å². The second-order valence-corrected chi connectivity index (χ2v) is 14.6. The van der Waals surface area contributed by atoms with Crippen molar-refractivity contribution in [3.63, 3.8) is 0 Å². The van der Waals surface area contributed by atoms with Crippen LogP contribution in [0.4, 0.5) is 0 Å². The minimum absolute atomic E-state index is 0.0991. The Kier molecular flexibility index (Phi) is 5.47. The maximum atomic E-state index is 13.4. The largest absolute Gasteiger partial charge is 0.468 e. The van der Waals surface area contributed by atoms with Crippen LogP contribution in [0.5, 0.6) is 0 Å². The summed E-state index contributed by atoms with van der Waals surface area (Å²) < 4.78 is 5.40. The summed E-state index contributed by atoms with van der Waals surface area (Å²) in [5, 5.41) is 0. The van der Waals surface area contributed by atoms with Gasteiger partial charge in [0, 0.05) is 6.42 Å². The van der Waals surface area contributed by atoms with E-state index in [4.69, 9.17) is 4.74 Å². The highest BCUT2D eigenvalue weighted by Gasteiger charge is 2.70. The fourth-order valence-electron chi connectivity index (χ4n) is 10.8. The molecule has 0 aliphatic heterocycles. The topological polar surface area (TPSA) is 43.4 Å². The molecular weight excluding hydrogens is 432 g/mol. The Labute approximate surface area is 213 Å². The number of Topliss-reactive ketones (excluding diaryl/α,β-unsaturated/α-hetero) is 1. The summed E-state index contributed by atoms with van der Waals surface area (Å²) in [4.78, 5) is 26.8. The van der Waals surface area contributed by atoms with Crippen molar-refractivity contribution in [1.29, 1.82) is 0 Å². The van der Waals surface area contributed by atoms with Crippen molar-refractivity contribution in [3.8, 4) is 0 Å². The van der Waals surface area contributed by atoms with Crippen LogP contribution in [0.2, 0.25) is 0 Å². The minimum Gasteiger partial charge on any atom is -0.468 e. The van der Waals surface area contributed by atoms with Crippen LogP contribution in [0.25, 0.3) is 0 Å². The van der Waals surface area contributed by atoms with Crippen LogP contribution in [-0.2, 0) is 14.3 Å². The van der Waals surface area contributed by atoms with Crippen LogP contribution in [-0.4, -0.2) is 18.9 Å². The molecule has 3 fully saturated rings. The maximum absolute atomic E-state index is 13.4. The van der Waals surface area contributed by atoms with Gasteiger partial charge in [0.1, 0.15) is 0 Å². The number of rotatable bonds is 2. The van der Waals surface area contributed by atoms with E-state index in [1.54, 1.807) is 5.57 Å². The van der Waals surface area contributed by atoms with Crippen molar-refractivity contribution < 1.29 is 14.3 Å². The molecule has 0 bridgehead atoms. The Morgan fingerprint density at radius 3 is 2.29 bits per heavy atom. The number of ketones is 1. The maximum Gasteiger partial charge on any atom is 0.316 e. The highest BCUT2D eigenvalue weighted by Crippen LogP contribution is 2.76. The van der Waals surface area contributed by atoms with Crippen molar-refractivity contribution >= 4 is 11.8 Å². The minimum atomic E-state index is -0.716. The van der Waals surface area contributed by atoms with Gasteiger partial charge in [0.15, 0.2) is 5.78 Å². The van der Waals surface area contributed by atoms with Crippen molar-refractivity contribution in [2.24, 2.45) is 50.7 Å². The molecule has 0 radical (unpaired) electrons. The molecule has 3 heteroatoms. The Morgan fingerprint density at radius 2 is 1.66 bits per heavy atom. The normalized spacial score (nSPS) is 46.4. The Morgan fingerprint density at radius 1 is 0.971 bits per heavy atom. The van der Waals surface area contributed by atoms with Crippen molar-refractivity contribution in [2.45, 2.75) is 107 Å². The van der Waals surface area contributed by atoms with Gasteiger partial charge in [0.2, 0.25) is 0 Å². The molecule has 7 atom stereocenters. The molecule has 3 unspecified atom stereocenters. The second kappa shape index (κ2) is 7.57. The Balaban J connectivity index is 1.64. The standard InChI is InChI=1S/C32H48O3/c1-19(2)25-22(33)18-32(27(34)35-9)17-16-30(7)21(26(25)32)10-11-24-29(6)14-12-20(3)28(4,5)23(29)13-15-31(24,30)8/h12,19,21,23-24H,10-11,13-18H2,1-9H3/t21?,23?,24?,29-,30+,31+,32+/m0/s1. The number of hydrogen-bond donors (Lipinski definition) is 0. The number of ether oxygens (including phenoxy) is 1. The van der Waals surface area contributed by atoms with Crippen LogP contribution in [0.3, 0.4) is 0 Å². The number of methoxy groups -OCH3 is 1. The summed E-state index contributed by atoms with van der Waals surface area (Å²) in [5.74, 6) is 1.87. The fraction of sp³-hybridized carbons (Fsp3) is 0.812. The van der Waals surface area contributed by atoms with E-state index in [0.717, 1.165) is 30.8 Å². The molecule has 0 aromatic carbocycles. The Hall–Kier alpha value is -1.38. The quantitative estimate of drug-likeness (QED) is 0.300. The molecule has 3 saturated carbocycles. The van der Waals surface area contributed by atoms with E-state index < -0.39 is 5.41 Å². The van der Waals surface area contributed by atoms with E-state index in [2.05, 4.69) is 61.5 Å². The van der Waals surface area contributed by atoms with Crippen LogP contribution in [0, 0.1) is 50.7 Å². The lowest BCUT2D eigenvalue weighted by Crippen LogP contribution is -2.64. The first kappa shape index (κ1) is 25.3. The summed E-state index contributed by atoms with van der Waals surface area (Å²) >= 11 is 0. The molecule has 0 spiro atoms. The zero-order valence-corrected chi connectivity index (χ0v) is 23.8. The van der Waals surface area contributed by atoms with Gasteiger partial charge < -0.3 is 4.74 Å². The molecule has 0 amide bonds. The molecule has 0 heterocycles. The van der Waals surface area contributed by atoms with Gasteiger partial charge in [0.05, 0.1) is 12.5 Å². The molecule has 0 saturated heterocycles. The summed E-state index contributed by atoms with van der Waals surface area (Å²) in [6, 6.07) is 0. The van der Waals surface area contributed by atoms with Crippen LogP contribution in [0.1, 0.15) is 107 Å². The van der Waals surface area contributed by atoms with Gasteiger partial charge in [-0.1, -0.05) is 60.1 Å². The molecule has 0 aromatic rings. The number of esters is 1. The van der Waals surface area contributed by atoms with E-state index in [1.165, 1.54) is 38.4 Å². The lowest BCUT2D eigenvalue weighted by molar-refractivity contribution is -0.201. The molecule has 3 nitrogen and oxygen atoms in total. The number of hydrogen-bond acceptors (Lipinski definition) is 3. The average molecular weight is 481 g/mol. The third-order valence-corrected chi connectivity index (χ3v) is 13.0. The SMILES string of the molecule is COC(=O)[C@@]12CC[C@]3(C)C(CCC4[C@@]5(C)CC=C(C)C(C)(C)C5CC[C@]43C)C1=C(C(C)C)C(=O)C2. The summed E-state index contributed by atoms with van der Waals surface area (Å²) in [7, 11) is 1.50. The smallest absolute Gasteiger partial charge is 0.316 e. The zero-order valence-electron chi connectivity index (χ0n) is 23.8. The summed E-state index contributed by atoms with van der Waals surface area (Å²) in [6.45, 7) is 19.3. The summed E-state index contributed by atoms with van der Waals surface area (Å²) in [6.07, 6.45) is 10.7. The molecule has 5 aliphatic rings. The predicted octanol–water partition coefficient (Wildman–Crippen LogP) is 7.70. The van der Waals surface area contributed by atoms with Crippen LogP contribution >= 0.6 is 0 Å². The fourth-order valence-corrected chi connectivity index (χ4v) is 10.8. The zero-order chi connectivity index (χ0) is 25.8. The second-order valence-electron chi connectivity index (χ2n) is 14.6. The number of allylic oxidation sites excluding steroid dienone is 3. The summed E-state index contributed by atoms with van der Waals surface area (Å²) in [5.41, 5.74) is 3.88. The molecular formula is C32H48O3. The number of carbonyl (C=O) groups is 2. The Bertz CT molecular complexity index is 1030. The van der Waals surface area contributed by atoms with Crippen molar-refractivity contribution in [3.05, 3.63) is 22.8 Å². The van der Waals surface area contributed by atoms with Gasteiger partial charge in [-0.15, -0.1) is 0 Å². The third-order valence-electron chi connectivity index (χ3n) is 13.0. The van der Waals surface area contributed by atoms with Gasteiger partial charge in [-0.3, -0.25) is 9.59 Å². The lowest BCUT2D eigenvalue weighted by atomic mass is 9.33. The van der Waals surface area contributed by atoms with E-state index in [9.17, 15) is 9.59 Å². The van der Waals surface area contributed by atoms with Gasteiger partial charge in [-0.25, -0.2) is 0 Å². The lowest BCUT2D eigenvalue weighted by Gasteiger charge is -2.71. The molecule has 5 rings (SSSR count). The third kappa shape index (κ3) is 2.90. The highest BCUT2D eigenvalue weighted by molar-refractivity contribution is 6.05. The molecule has 5 aliphatic carbocycles. The van der Waals surface area contributed by atoms with Crippen molar-refractivity contribution in [1.82, 2.24) is 0 Å². The number of carbonyl (C=O) groups excluding carboxylic acids is 2. The van der Waals surface area contributed by atoms with Gasteiger partial charge in [-0.2, -0.15) is 0 Å². The molecule has 0 N–H and O–H groups in total. The molecule has 35 heavy (non-hydrogen) atoms. The van der Waals surface area contributed by atoms with Crippen LogP contribution in [0.15, 0.2) is 22.8 Å². The van der Waals surface area contributed by atoms with Crippen LogP contribution < -0.4 is 0 Å². The van der Waals surface area contributed by atoms with E-state index in [-0.39, 0.29) is 33.9 Å². The predicted molar refractivity (Wildman–Crippen MR) is 141 cm³/mol. The highest BCUT2D eigenvalue weighted by atomic mass is 16.5. The van der Waals surface area contributed by atoms with Gasteiger partial charge in [0.25, 0.3) is 0 Å². The van der Waals surface area contributed by atoms with E-state index in [1.807, 2.05) is 0 Å². The van der Waals surface area contributed by atoms with E-state index in [0.29, 0.717) is 23.7 Å². The average Bonchev–Trinajstić information content (AvgIpc) is 3.10.